The molecule has 1 saturated heterocycles. The second-order valence-electron chi connectivity index (χ2n) is 2.31. The van der Waals surface area contributed by atoms with Crippen molar-refractivity contribution in [2.24, 2.45) is 0 Å². The van der Waals surface area contributed by atoms with Gasteiger partial charge in [-0.3, -0.25) is 0 Å². The molecule has 1 aliphatic heterocycles. The molecule has 1 heterocycles. The summed E-state index contributed by atoms with van der Waals surface area (Å²) in [7, 11) is 0. The molecule has 0 aromatic carbocycles. The van der Waals surface area contributed by atoms with Crippen molar-refractivity contribution < 1.29 is 9.94 Å². The van der Waals surface area contributed by atoms with Crippen LogP contribution in [0.5, 0.6) is 0 Å². The third-order valence-corrected chi connectivity index (χ3v) is 1.57. The smallest absolute Gasteiger partial charge is 0.0723 e. The Bertz CT molecular complexity index is 87.1. The summed E-state index contributed by atoms with van der Waals surface area (Å²) in [5.41, 5.74) is 0. The summed E-state index contributed by atoms with van der Waals surface area (Å²) in [6.07, 6.45) is 1.22. The van der Waals surface area contributed by atoms with Crippen LogP contribution < -0.4 is 0 Å². The Labute approximate surface area is 55.2 Å². The molecule has 0 bridgehead atoms. The molecule has 3 nitrogen and oxygen atoms in total. The third kappa shape index (κ3) is 1.93. The van der Waals surface area contributed by atoms with Crippen LogP contribution in [0.4, 0.5) is 0 Å². The summed E-state index contributed by atoms with van der Waals surface area (Å²) in [4.78, 5) is 0. The van der Waals surface area contributed by atoms with Crippen LogP contribution in [0.25, 0.3) is 0 Å². The highest BCUT2D eigenvalue weighted by atomic mass is 16.5. The quantitative estimate of drug-likeness (QED) is 0.562. The molecule has 1 atom stereocenters. The lowest BCUT2D eigenvalue weighted by Crippen LogP contribution is -2.39. The number of ether oxygens (including phenoxy) is 1. The lowest BCUT2D eigenvalue weighted by molar-refractivity contribution is -0.169. The van der Waals surface area contributed by atoms with Gasteiger partial charge in [0.05, 0.1) is 19.3 Å². The Morgan fingerprint density at radius 3 is 3.00 bits per heavy atom. The van der Waals surface area contributed by atoms with Gasteiger partial charge in [0.25, 0.3) is 0 Å². The normalized spacial score (nSPS) is 30.7. The monoisotopic (exact) mass is 131 g/mol. The van der Waals surface area contributed by atoms with Crippen LogP contribution in [0.1, 0.15) is 13.3 Å². The van der Waals surface area contributed by atoms with Crippen molar-refractivity contribution in [1.29, 1.82) is 0 Å². The van der Waals surface area contributed by atoms with E-state index < -0.39 is 0 Å². The Morgan fingerprint density at radius 2 is 2.56 bits per heavy atom. The van der Waals surface area contributed by atoms with Gasteiger partial charge in [0.2, 0.25) is 0 Å². The number of morpholine rings is 1. The van der Waals surface area contributed by atoms with Crippen LogP contribution in [0.3, 0.4) is 0 Å². The van der Waals surface area contributed by atoms with Gasteiger partial charge in [0.15, 0.2) is 0 Å². The van der Waals surface area contributed by atoms with Crippen LogP contribution in [-0.4, -0.2) is 36.1 Å². The van der Waals surface area contributed by atoms with Gasteiger partial charge in [-0.25, -0.2) is 0 Å². The van der Waals surface area contributed by atoms with Crippen LogP contribution >= 0.6 is 0 Å². The van der Waals surface area contributed by atoms with Gasteiger partial charge in [0.1, 0.15) is 0 Å². The van der Waals surface area contributed by atoms with Crippen LogP contribution in [0.15, 0.2) is 0 Å². The van der Waals surface area contributed by atoms with Gasteiger partial charge in [-0.15, -0.1) is 0 Å². The highest BCUT2D eigenvalue weighted by Gasteiger charge is 2.16. The standard InChI is InChI=1S/C6H13NO2/c1-2-6-5-7(8)3-4-9-6/h6,8H,2-5H2,1H3. The molecule has 1 aliphatic rings. The van der Waals surface area contributed by atoms with Gasteiger partial charge in [0, 0.05) is 6.54 Å². The van der Waals surface area contributed by atoms with Crippen molar-refractivity contribution in [3.8, 4) is 0 Å². The van der Waals surface area contributed by atoms with Crippen molar-refractivity contribution in [2.75, 3.05) is 19.7 Å². The van der Waals surface area contributed by atoms with E-state index in [0.29, 0.717) is 19.7 Å². The molecular formula is C6H13NO2. The maximum absolute atomic E-state index is 8.96. The minimum Gasteiger partial charge on any atom is -0.375 e. The molecule has 0 spiro atoms. The van der Waals surface area contributed by atoms with Gasteiger partial charge in [-0.2, -0.15) is 5.06 Å². The number of hydroxylamine groups is 2. The zero-order chi connectivity index (χ0) is 6.69. The predicted octanol–water partition coefficient (Wildman–Crippen LogP) is 0.486. The summed E-state index contributed by atoms with van der Waals surface area (Å²) < 4.78 is 5.30. The SMILES string of the molecule is CCC1CN(O)CCO1. The molecule has 0 saturated carbocycles. The van der Waals surface area contributed by atoms with Crippen molar-refractivity contribution in [1.82, 2.24) is 5.06 Å². The maximum Gasteiger partial charge on any atom is 0.0723 e. The summed E-state index contributed by atoms with van der Waals surface area (Å²) in [5.74, 6) is 0. The highest BCUT2D eigenvalue weighted by molar-refractivity contribution is 4.63. The summed E-state index contributed by atoms with van der Waals surface area (Å²) in [6.45, 7) is 4.03. The molecule has 1 N–H and O–H groups in total. The number of rotatable bonds is 1. The third-order valence-electron chi connectivity index (χ3n) is 1.57. The van der Waals surface area contributed by atoms with Crippen molar-refractivity contribution in [2.45, 2.75) is 19.4 Å². The van der Waals surface area contributed by atoms with E-state index in [1.165, 1.54) is 5.06 Å². The molecule has 0 aromatic rings. The molecular weight excluding hydrogens is 118 g/mol. The molecule has 1 fully saturated rings. The van der Waals surface area contributed by atoms with Crippen molar-refractivity contribution >= 4 is 0 Å². The summed E-state index contributed by atoms with van der Waals surface area (Å²) >= 11 is 0. The first-order chi connectivity index (χ1) is 4.33. The molecule has 0 aliphatic carbocycles. The molecule has 0 amide bonds. The summed E-state index contributed by atoms with van der Waals surface area (Å²) in [6, 6.07) is 0. The molecule has 9 heavy (non-hydrogen) atoms. The molecule has 54 valence electrons. The van der Waals surface area contributed by atoms with Crippen LogP contribution in [0, 0.1) is 0 Å². The van der Waals surface area contributed by atoms with E-state index in [1.54, 1.807) is 0 Å². The van der Waals surface area contributed by atoms with E-state index in [1.807, 2.05) is 0 Å². The van der Waals surface area contributed by atoms with Gasteiger partial charge >= 0.3 is 0 Å². The largest absolute Gasteiger partial charge is 0.375 e. The molecule has 0 radical (unpaired) electrons. The molecule has 1 rings (SSSR count). The minimum absolute atomic E-state index is 0.240. The Kier molecular flexibility index (Phi) is 2.45. The van der Waals surface area contributed by atoms with Crippen molar-refractivity contribution in [3.63, 3.8) is 0 Å². The van der Waals surface area contributed by atoms with E-state index in [4.69, 9.17) is 9.94 Å². The highest BCUT2D eigenvalue weighted by Crippen LogP contribution is 2.04. The van der Waals surface area contributed by atoms with E-state index in [-0.39, 0.29) is 6.10 Å². The van der Waals surface area contributed by atoms with Crippen LogP contribution in [-0.2, 0) is 4.74 Å². The fourth-order valence-electron chi connectivity index (χ4n) is 0.951. The fourth-order valence-corrected chi connectivity index (χ4v) is 0.951. The lowest BCUT2D eigenvalue weighted by Gasteiger charge is -2.27. The maximum atomic E-state index is 8.96. The molecule has 0 aromatic heterocycles. The topological polar surface area (TPSA) is 32.7 Å². The summed E-state index contributed by atoms with van der Waals surface area (Å²) in [5, 5.41) is 10.3. The zero-order valence-electron chi connectivity index (χ0n) is 5.71. The Balaban J connectivity index is 2.23. The first-order valence-electron chi connectivity index (χ1n) is 3.38. The first kappa shape index (κ1) is 6.99. The fraction of sp³-hybridized carbons (Fsp3) is 1.00. The second kappa shape index (κ2) is 3.15. The Morgan fingerprint density at radius 1 is 1.78 bits per heavy atom. The van der Waals surface area contributed by atoms with E-state index >= 15 is 0 Å². The van der Waals surface area contributed by atoms with Gasteiger partial charge < -0.3 is 9.94 Å². The van der Waals surface area contributed by atoms with Crippen LogP contribution in [0.2, 0.25) is 0 Å². The average molecular weight is 131 g/mol. The van der Waals surface area contributed by atoms with E-state index in [0.717, 1.165) is 6.42 Å². The Hall–Kier alpha value is -0.120. The number of hydrogen-bond acceptors (Lipinski definition) is 3. The predicted molar refractivity (Wildman–Crippen MR) is 33.4 cm³/mol. The second-order valence-corrected chi connectivity index (χ2v) is 2.31. The molecule has 1 unspecified atom stereocenters. The molecule has 3 heteroatoms. The first-order valence-corrected chi connectivity index (χ1v) is 3.38. The number of nitrogens with zero attached hydrogens (tertiary/aromatic N) is 1. The van der Waals surface area contributed by atoms with Gasteiger partial charge in [-0.05, 0) is 6.42 Å². The lowest BCUT2D eigenvalue weighted by atomic mass is 10.2. The van der Waals surface area contributed by atoms with E-state index in [2.05, 4.69) is 6.92 Å². The average Bonchev–Trinajstić information content (AvgIpc) is 1.88. The van der Waals surface area contributed by atoms with Crippen molar-refractivity contribution in [3.05, 3.63) is 0 Å². The van der Waals surface area contributed by atoms with Gasteiger partial charge in [-0.1, -0.05) is 6.92 Å². The zero-order valence-corrected chi connectivity index (χ0v) is 5.71. The van der Waals surface area contributed by atoms with E-state index in [9.17, 15) is 0 Å². The minimum atomic E-state index is 0.240. The number of hydrogen-bond donors (Lipinski definition) is 1.